The van der Waals surface area contributed by atoms with Crippen LogP contribution in [0.4, 0.5) is 21.0 Å². The van der Waals surface area contributed by atoms with Crippen LogP contribution in [0.15, 0.2) is 42.5 Å². The predicted molar refractivity (Wildman–Crippen MR) is 110 cm³/mol. The molecule has 3 N–H and O–H groups in total. The normalized spacial score (nSPS) is 10.7. The van der Waals surface area contributed by atoms with Gasteiger partial charge in [-0.15, -0.1) is 0 Å². The Balaban J connectivity index is 1.97. The molecule has 0 heterocycles. The highest BCUT2D eigenvalue weighted by atomic mass is 16.5. The van der Waals surface area contributed by atoms with Gasteiger partial charge in [0.25, 0.3) is 0 Å². The molecule has 3 amide bonds. The number of nitriles is 2. The van der Waals surface area contributed by atoms with Crippen LogP contribution in [0.25, 0.3) is 0 Å². The summed E-state index contributed by atoms with van der Waals surface area (Å²) in [5, 5.41) is 25.5. The van der Waals surface area contributed by atoms with Gasteiger partial charge >= 0.3 is 12.1 Å². The highest BCUT2D eigenvalue weighted by Crippen LogP contribution is 2.23. The van der Waals surface area contributed by atoms with Gasteiger partial charge in [-0.3, -0.25) is 0 Å². The fourth-order valence-corrected chi connectivity index (χ4v) is 2.53. The Labute approximate surface area is 174 Å². The van der Waals surface area contributed by atoms with E-state index in [4.69, 9.17) is 20.0 Å². The van der Waals surface area contributed by atoms with Gasteiger partial charge in [0.1, 0.15) is 18.4 Å². The monoisotopic (exact) mass is 407 g/mol. The van der Waals surface area contributed by atoms with Gasteiger partial charge in [-0.2, -0.15) is 10.5 Å². The van der Waals surface area contributed by atoms with E-state index < -0.39 is 12.1 Å². The van der Waals surface area contributed by atoms with Crippen LogP contribution in [-0.2, 0) is 4.74 Å². The average Bonchev–Trinajstić information content (AvgIpc) is 2.73. The van der Waals surface area contributed by atoms with Crippen molar-refractivity contribution in [2.45, 2.75) is 19.4 Å². The molecule has 2 aromatic rings. The minimum Gasteiger partial charge on any atom is -0.495 e. The number of nitrogens with zero attached hydrogens (tertiary/aromatic N) is 2. The summed E-state index contributed by atoms with van der Waals surface area (Å²) in [5.74, 6) is 0.360. The summed E-state index contributed by atoms with van der Waals surface area (Å²) in [7, 11) is 1.44. The van der Waals surface area contributed by atoms with Gasteiger partial charge in [0, 0.05) is 17.4 Å². The average molecular weight is 407 g/mol. The minimum absolute atomic E-state index is 0.0248. The van der Waals surface area contributed by atoms with Crippen molar-refractivity contribution < 1.29 is 19.1 Å². The third kappa shape index (κ3) is 6.43. The quantitative estimate of drug-likeness (QED) is 0.595. The molecule has 9 heteroatoms. The van der Waals surface area contributed by atoms with Crippen LogP contribution < -0.4 is 20.7 Å². The number of hydrogen-bond acceptors (Lipinski definition) is 6. The Hall–Kier alpha value is -4.24. The molecule has 2 aromatic carbocycles. The first-order valence-electron chi connectivity index (χ1n) is 9.03. The highest BCUT2D eigenvalue weighted by Gasteiger charge is 2.12. The maximum Gasteiger partial charge on any atom is 0.407 e. The molecule has 0 fully saturated rings. The third-order valence-corrected chi connectivity index (χ3v) is 4.01. The number of hydrogen-bond donors (Lipinski definition) is 3. The van der Waals surface area contributed by atoms with E-state index in [1.807, 2.05) is 12.1 Å². The molecule has 9 nitrogen and oxygen atoms in total. The molecule has 0 saturated heterocycles. The molecule has 0 radical (unpaired) electrons. The number of rotatable bonds is 7. The van der Waals surface area contributed by atoms with Crippen LogP contribution in [0.2, 0.25) is 0 Å². The maximum atomic E-state index is 12.3. The Morgan fingerprint density at radius 3 is 2.50 bits per heavy atom. The summed E-state index contributed by atoms with van der Waals surface area (Å²) < 4.78 is 10.0. The van der Waals surface area contributed by atoms with E-state index >= 15 is 0 Å². The molecule has 0 spiro atoms. The minimum atomic E-state index is -0.622. The SMILES string of the molecule is COc1cc(NC(=O)Nc2cccc(C(C)NC(=O)OCCC#N)c2)ccc1C#N. The van der Waals surface area contributed by atoms with E-state index in [2.05, 4.69) is 16.0 Å². The van der Waals surface area contributed by atoms with Crippen molar-refractivity contribution in [1.29, 1.82) is 10.5 Å². The first-order chi connectivity index (χ1) is 14.5. The molecular weight excluding hydrogens is 386 g/mol. The first-order valence-corrected chi connectivity index (χ1v) is 9.03. The van der Waals surface area contributed by atoms with E-state index in [1.54, 1.807) is 49.4 Å². The Morgan fingerprint density at radius 2 is 1.83 bits per heavy atom. The van der Waals surface area contributed by atoms with E-state index in [9.17, 15) is 9.59 Å². The van der Waals surface area contributed by atoms with Gasteiger partial charge in [-0.05, 0) is 36.8 Å². The van der Waals surface area contributed by atoms with Crippen LogP contribution >= 0.6 is 0 Å². The summed E-state index contributed by atoms with van der Waals surface area (Å²) >= 11 is 0. The van der Waals surface area contributed by atoms with Gasteiger partial charge in [-0.25, -0.2) is 9.59 Å². The van der Waals surface area contributed by atoms with E-state index in [0.29, 0.717) is 22.7 Å². The lowest BCUT2D eigenvalue weighted by molar-refractivity contribution is 0.145. The summed E-state index contributed by atoms with van der Waals surface area (Å²) in [4.78, 5) is 24.0. The molecular formula is C21H21N5O4. The fourth-order valence-electron chi connectivity index (χ4n) is 2.53. The lowest BCUT2D eigenvalue weighted by Gasteiger charge is -2.15. The lowest BCUT2D eigenvalue weighted by atomic mass is 10.1. The molecule has 0 aromatic heterocycles. The molecule has 0 aliphatic carbocycles. The van der Waals surface area contributed by atoms with Gasteiger partial charge in [0.2, 0.25) is 0 Å². The number of urea groups is 1. The van der Waals surface area contributed by atoms with E-state index in [0.717, 1.165) is 5.56 Å². The second kappa shape index (κ2) is 10.9. The van der Waals surface area contributed by atoms with Crippen LogP contribution in [0.3, 0.4) is 0 Å². The summed E-state index contributed by atoms with van der Waals surface area (Å²) in [6, 6.07) is 14.7. The van der Waals surface area contributed by atoms with Crippen molar-refractivity contribution in [3.8, 4) is 17.9 Å². The predicted octanol–water partition coefficient (Wildman–Crippen LogP) is 3.91. The molecule has 30 heavy (non-hydrogen) atoms. The summed E-state index contributed by atoms with van der Waals surface area (Å²) in [5.41, 5.74) is 2.11. The summed E-state index contributed by atoms with van der Waals surface area (Å²) in [6.45, 7) is 1.80. The van der Waals surface area contributed by atoms with Crippen LogP contribution in [0, 0.1) is 22.7 Å². The number of amides is 3. The van der Waals surface area contributed by atoms with Crippen molar-refractivity contribution in [3.05, 3.63) is 53.6 Å². The molecule has 0 aliphatic rings. The van der Waals surface area contributed by atoms with Crippen molar-refractivity contribution in [2.75, 3.05) is 24.4 Å². The third-order valence-electron chi connectivity index (χ3n) is 4.01. The van der Waals surface area contributed by atoms with E-state index in [1.165, 1.54) is 7.11 Å². The van der Waals surface area contributed by atoms with Gasteiger partial charge in [-0.1, -0.05) is 12.1 Å². The van der Waals surface area contributed by atoms with Crippen molar-refractivity contribution in [1.82, 2.24) is 5.32 Å². The smallest absolute Gasteiger partial charge is 0.407 e. The van der Waals surface area contributed by atoms with Gasteiger partial charge in [0.05, 0.1) is 31.2 Å². The number of methoxy groups -OCH3 is 1. The van der Waals surface area contributed by atoms with Crippen LogP contribution in [0.1, 0.15) is 30.5 Å². The zero-order valence-electron chi connectivity index (χ0n) is 16.6. The standard InChI is InChI=1S/C21H21N5O4/c1-14(24-21(28)30-10-4-9-22)15-5-3-6-17(11-15)25-20(27)26-18-8-7-16(13-23)19(12-18)29-2/h3,5-8,11-12,14H,4,10H2,1-2H3,(H,24,28)(H2,25,26,27). The largest absolute Gasteiger partial charge is 0.495 e. The molecule has 0 bridgehead atoms. The molecule has 154 valence electrons. The molecule has 2 rings (SSSR count). The Kier molecular flexibility index (Phi) is 8.04. The maximum absolute atomic E-state index is 12.3. The molecule has 1 unspecified atom stereocenters. The van der Waals surface area contributed by atoms with Crippen molar-refractivity contribution >= 4 is 23.5 Å². The Morgan fingerprint density at radius 1 is 1.10 bits per heavy atom. The fraction of sp³-hybridized carbons (Fsp3) is 0.238. The molecule has 1 atom stereocenters. The molecule has 0 saturated carbocycles. The zero-order chi connectivity index (χ0) is 21.9. The number of alkyl carbamates (subject to hydrolysis) is 1. The second-order valence-corrected chi connectivity index (χ2v) is 6.14. The number of nitrogens with one attached hydrogen (secondary N) is 3. The second-order valence-electron chi connectivity index (χ2n) is 6.14. The lowest BCUT2D eigenvalue weighted by Crippen LogP contribution is -2.27. The van der Waals surface area contributed by atoms with Crippen molar-refractivity contribution in [2.24, 2.45) is 0 Å². The molecule has 0 aliphatic heterocycles. The topological polar surface area (TPSA) is 136 Å². The zero-order valence-corrected chi connectivity index (χ0v) is 16.6. The number of carbonyl (C=O) groups excluding carboxylic acids is 2. The number of benzene rings is 2. The summed E-state index contributed by atoms with van der Waals surface area (Å²) in [6.07, 6.45) is -0.495. The highest BCUT2D eigenvalue weighted by molar-refractivity contribution is 6.00. The van der Waals surface area contributed by atoms with E-state index in [-0.39, 0.29) is 19.1 Å². The number of carbonyl (C=O) groups is 2. The number of anilines is 2. The van der Waals surface area contributed by atoms with Crippen LogP contribution in [-0.4, -0.2) is 25.8 Å². The van der Waals surface area contributed by atoms with Gasteiger partial charge in [0.15, 0.2) is 0 Å². The van der Waals surface area contributed by atoms with Crippen molar-refractivity contribution in [3.63, 3.8) is 0 Å². The van der Waals surface area contributed by atoms with Gasteiger partial charge < -0.3 is 25.4 Å². The Bertz CT molecular complexity index is 994. The number of ether oxygens (including phenoxy) is 2. The first kappa shape index (κ1) is 22.1. The van der Waals surface area contributed by atoms with Crippen LogP contribution in [0.5, 0.6) is 5.75 Å².